The molecule has 0 radical (unpaired) electrons. The zero-order chi connectivity index (χ0) is 22.7. The van der Waals surface area contributed by atoms with Crippen molar-refractivity contribution in [1.82, 2.24) is 16.0 Å². The Morgan fingerprint density at radius 3 is 1.66 bits per heavy atom. The molecule has 0 aromatic carbocycles. The first kappa shape index (κ1) is 26.2. The number of aliphatic hydroxyl groups excluding tert-OH is 2. The lowest BCUT2D eigenvalue weighted by Crippen LogP contribution is -2.58. The van der Waals surface area contributed by atoms with Crippen LogP contribution < -0.4 is 21.7 Å². The van der Waals surface area contributed by atoms with Gasteiger partial charge in [-0.1, -0.05) is 13.8 Å². The minimum Gasteiger partial charge on any atom is -0.481 e. The summed E-state index contributed by atoms with van der Waals surface area (Å²) >= 11 is 0. The van der Waals surface area contributed by atoms with Crippen LogP contribution in [0, 0.1) is 5.92 Å². The predicted octanol–water partition coefficient (Wildman–Crippen LogP) is -3.64. The third-order valence-corrected chi connectivity index (χ3v) is 3.91. The zero-order valence-corrected chi connectivity index (χ0v) is 16.1. The van der Waals surface area contributed by atoms with Gasteiger partial charge in [-0.2, -0.15) is 0 Å². The van der Waals surface area contributed by atoms with Crippen molar-refractivity contribution in [3.8, 4) is 0 Å². The van der Waals surface area contributed by atoms with E-state index in [0.717, 1.165) is 0 Å². The minimum absolute atomic E-state index is 0.263. The monoisotopic (exact) mass is 420 g/mol. The Morgan fingerprint density at radius 2 is 1.24 bits per heavy atom. The normalized spacial score (nSPS) is 15.0. The molecule has 4 unspecified atom stereocenters. The van der Waals surface area contributed by atoms with E-state index in [-0.39, 0.29) is 12.3 Å². The van der Waals surface area contributed by atoms with Gasteiger partial charge < -0.3 is 42.1 Å². The fourth-order valence-corrected chi connectivity index (χ4v) is 2.03. The largest absolute Gasteiger partial charge is 0.481 e. The first-order valence-corrected chi connectivity index (χ1v) is 8.77. The van der Waals surface area contributed by atoms with Gasteiger partial charge >= 0.3 is 11.9 Å². The second-order valence-electron chi connectivity index (χ2n) is 6.59. The molecule has 0 aliphatic heterocycles. The molecule has 4 atom stereocenters. The summed E-state index contributed by atoms with van der Waals surface area (Å²) in [7, 11) is 0. The zero-order valence-electron chi connectivity index (χ0n) is 16.1. The number of hydrogen-bond donors (Lipinski definition) is 8. The van der Waals surface area contributed by atoms with Crippen LogP contribution in [0.1, 0.15) is 26.7 Å². The fourth-order valence-electron chi connectivity index (χ4n) is 2.03. The van der Waals surface area contributed by atoms with E-state index in [0.29, 0.717) is 0 Å². The average molecular weight is 420 g/mol. The van der Waals surface area contributed by atoms with Gasteiger partial charge in [0.05, 0.1) is 19.3 Å². The van der Waals surface area contributed by atoms with Gasteiger partial charge in [0.2, 0.25) is 17.7 Å². The molecule has 0 fully saturated rings. The molecule has 3 amide bonds. The second-order valence-corrected chi connectivity index (χ2v) is 6.59. The molecule has 0 aromatic heterocycles. The molecule has 0 bridgehead atoms. The van der Waals surface area contributed by atoms with Crippen molar-refractivity contribution in [2.75, 3.05) is 13.2 Å². The van der Waals surface area contributed by atoms with E-state index < -0.39 is 73.5 Å². The highest BCUT2D eigenvalue weighted by molar-refractivity contribution is 5.94. The van der Waals surface area contributed by atoms with E-state index in [1.165, 1.54) is 0 Å². The highest BCUT2D eigenvalue weighted by Crippen LogP contribution is 2.03. The second kappa shape index (κ2) is 12.6. The number of aliphatic carboxylic acids is 2. The SMILES string of the molecule is CC(C)C(N)C(=O)NC(CCC(=O)O)C(=O)NC(CO)C(=O)NC(CO)C(=O)O. The summed E-state index contributed by atoms with van der Waals surface area (Å²) in [5.74, 6) is -5.79. The number of carbonyl (C=O) groups excluding carboxylic acids is 3. The summed E-state index contributed by atoms with van der Waals surface area (Å²) in [4.78, 5) is 58.2. The van der Waals surface area contributed by atoms with Gasteiger partial charge in [-0.3, -0.25) is 19.2 Å². The molecule has 0 saturated heterocycles. The molecule has 29 heavy (non-hydrogen) atoms. The Labute approximate surface area is 166 Å². The summed E-state index contributed by atoms with van der Waals surface area (Å²) in [5, 5.41) is 42.2. The maximum absolute atomic E-state index is 12.4. The van der Waals surface area contributed by atoms with Crippen LogP contribution in [0.3, 0.4) is 0 Å². The molecule has 13 nitrogen and oxygen atoms in total. The van der Waals surface area contributed by atoms with E-state index in [9.17, 15) is 29.1 Å². The van der Waals surface area contributed by atoms with Crippen LogP contribution in [0.2, 0.25) is 0 Å². The number of carbonyl (C=O) groups is 5. The first-order chi connectivity index (χ1) is 13.4. The Kier molecular flexibility index (Phi) is 11.4. The molecule has 166 valence electrons. The first-order valence-electron chi connectivity index (χ1n) is 8.77. The highest BCUT2D eigenvalue weighted by atomic mass is 16.4. The smallest absolute Gasteiger partial charge is 0.328 e. The Bertz CT molecular complexity index is 611. The number of hydrogen-bond acceptors (Lipinski definition) is 8. The van der Waals surface area contributed by atoms with Crippen molar-refractivity contribution in [2.45, 2.75) is 50.9 Å². The van der Waals surface area contributed by atoms with Crippen LogP contribution in [0.15, 0.2) is 0 Å². The Balaban J connectivity index is 5.23. The molecule has 0 aromatic rings. The van der Waals surface area contributed by atoms with E-state index >= 15 is 0 Å². The molecule has 9 N–H and O–H groups in total. The van der Waals surface area contributed by atoms with Crippen molar-refractivity contribution in [3.63, 3.8) is 0 Å². The highest BCUT2D eigenvalue weighted by Gasteiger charge is 2.30. The maximum Gasteiger partial charge on any atom is 0.328 e. The summed E-state index contributed by atoms with van der Waals surface area (Å²) in [6, 6.07) is -5.58. The lowest BCUT2D eigenvalue weighted by molar-refractivity contribution is -0.143. The van der Waals surface area contributed by atoms with Crippen molar-refractivity contribution in [2.24, 2.45) is 11.7 Å². The lowest BCUT2D eigenvalue weighted by atomic mass is 10.0. The molecule has 13 heteroatoms. The van der Waals surface area contributed by atoms with E-state index in [1.54, 1.807) is 13.8 Å². The van der Waals surface area contributed by atoms with Gasteiger partial charge in [0.1, 0.15) is 18.1 Å². The molecular formula is C16H28N4O9. The van der Waals surface area contributed by atoms with Gasteiger partial charge in [0.15, 0.2) is 0 Å². The minimum atomic E-state index is -1.65. The number of nitrogens with two attached hydrogens (primary N) is 1. The third kappa shape index (κ3) is 9.32. The van der Waals surface area contributed by atoms with E-state index in [2.05, 4.69) is 10.6 Å². The third-order valence-electron chi connectivity index (χ3n) is 3.91. The standard InChI is InChI=1S/C16H28N4O9/c1-7(2)12(17)15(27)18-8(3-4-11(23)24)13(25)19-9(5-21)14(26)20-10(6-22)16(28)29/h7-10,12,21-22H,3-6,17H2,1-2H3,(H,18,27)(H,19,25)(H,20,26)(H,23,24)(H,28,29). The summed E-state index contributed by atoms with van der Waals surface area (Å²) < 4.78 is 0. The molecule has 0 heterocycles. The number of nitrogens with one attached hydrogen (secondary N) is 3. The number of carboxylic acids is 2. The number of carboxylic acid groups (broad SMARTS) is 2. The van der Waals surface area contributed by atoms with Crippen molar-refractivity contribution in [3.05, 3.63) is 0 Å². The van der Waals surface area contributed by atoms with Crippen LogP contribution in [-0.2, 0) is 24.0 Å². The van der Waals surface area contributed by atoms with Gasteiger partial charge in [0, 0.05) is 6.42 Å². The number of aliphatic hydroxyl groups is 2. The van der Waals surface area contributed by atoms with Crippen LogP contribution in [0.4, 0.5) is 0 Å². The van der Waals surface area contributed by atoms with E-state index in [1.807, 2.05) is 5.32 Å². The van der Waals surface area contributed by atoms with Gasteiger partial charge in [-0.15, -0.1) is 0 Å². The van der Waals surface area contributed by atoms with Gasteiger partial charge in [0.25, 0.3) is 0 Å². The van der Waals surface area contributed by atoms with Gasteiger partial charge in [-0.25, -0.2) is 4.79 Å². The topological polar surface area (TPSA) is 228 Å². The van der Waals surface area contributed by atoms with Crippen molar-refractivity contribution >= 4 is 29.7 Å². The summed E-state index contributed by atoms with van der Waals surface area (Å²) in [6.45, 7) is 1.50. The number of amides is 3. The van der Waals surface area contributed by atoms with Crippen LogP contribution in [-0.4, -0.2) is 87.5 Å². The fraction of sp³-hybridized carbons (Fsp3) is 0.688. The Hall–Kier alpha value is -2.77. The number of rotatable bonds is 13. The Morgan fingerprint density at radius 1 is 0.793 bits per heavy atom. The van der Waals surface area contributed by atoms with Crippen molar-refractivity contribution < 1.29 is 44.4 Å². The van der Waals surface area contributed by atoms with Crippen LogP contribution >= 0.6 is 0 Å². The maximum atomic E-state index is 12.4. The van der Waals surface area contributed by atoms with Crippen molar-refractivity contribution in [1.29, 1.82) is 0 Å². The molecular weight excluding hydrogens is 392 g/mol. The molecule has 0 spiro atoms. The average Bonchev–Trinajstić information content (AvgIpc) is 2.65. The molecule has 0 aliphatic rings. The quantitative estimate of drug-likeness (QED) is 0.146. The summed E-state index contributed by atoms with van der Waals surface area (Å²) in [5.41, 5.74) is 5.70. The summed E-state index contributed by atoms with van der Waals surface area (Å²) in [6.07, 6.45) is -0.789. The van der Waals surface area contributed by atoms with Crippen LogP contribution in [0.5, 0.6) is 0 Å². The predicted molar refractivity (Wildman–Crippen MR) is 97.3 cm³/mol. The lowest BCUT2D eigenvalue weighted by Gasteiger charge is -2.24. The molecule has 0 rings (SSSR count). The van der Waals surface area contributed by atoms with Crippen LogP contribution in [0.25, 0.3) is 0 Å². The van der Waals surface area contributed by atoms with Gasteiger partial charge in [-0.05, 0) is 12.3 Å². The molecule has 0 saturated carbocycles. The molecule has 0 aliphatic carbocycles. The van der Waals surface area contributed by atoms with E-state index in [4.69, 9.17) is 21.1 Å².